The van der Waals surface area contributed by atoms with Crippen LogP contribution in [0, 0.1) is 11.3 Å². The van der Waals surface area contributed by atoms with Crippen LogP contribution in [0.25, 0.3) is 10.9 Å². The van der Waals surface area contributed by atoms with E-state index in [-0.39, 0.29) is 17.6 Å². The van der Waals surface area contributed by atoms with Gasteiger partial charge in [0.05, 0.1) is 22.7 Å². The first-order chi connectivity index (χ1) is 20.4. The van der Waals surface area contributed by atoms with Crippen LogP contribution in [0.3, 0.4) is 0 Å². The number of rotatable bonds is 6. The van der Waals surface area contributed by atoms with Gasteiger partial charge in [-0.05, 0) is 48.5 Å². The lowest BCUT2D eigenvalue weighted by molar-refractivity contribution is -0.137. The molecule has 3 heterocycles. The standard InChI is InChI=1S/C30H23F3N8O/c31-30(32,33)24-18-21(11-10-20(24)19-34)36-27-37-28(41-16-14-40(15-17-41)22-6-2-1-3-7-22)39-29(38-27)42-26-12-13-35-25-9-5-4-8-23(25)26/h1-13,18H,14-17H2,(H,36,37,38,39). The van der Waals surface area contributed by atoms with Crippen molar-refractivity contribution in [3.05, 3.63) is 96.2 Å². The van der Waals surface area contributed by atoms with E-state index in [1.807, 2.05) is 47.4 Å². The second kappa shape index (κ2) is 11.2. The average molecular weight is 569 g/mol. The van der Waals surface area contributed by atoms with E-state index in [0.717, 1.165) is 28.7 Å². The minimum Gasteiger partial charge on any atom is -0.423 e. The summed E-state index contributed by atoms with van der Waals surface area (Å²) in [5.41, 5.74) is 0.366. The van der Waals surface area contributed by atoms with Crippen molar-refractivity contribution in [3.8, 4) is 17.8 Å². The number of halogens is 3. The van der Waals surface area contributed by atoms with Crippen LogP contribution in [0.1, 0.15) is 11.1 Å². The molecular weight excluding hydrogens is 545 g/mol. The van der Waals surface area contributed by atoms with Gasteiger partial charge in [-0.3, -0.25) is 4.98 Å². The first-order valence-corrected chi connectivity index (χ1v) is 13.1. The summed E-state index contributed by atoms with van der Waals surface area (Å²) in [5.74, 6) is 0.783. The highest BCUT2D eigenvalue weighted by Crippen LogP contribution is 2.34. The van der Waals surface area contributed by atoms with Gasteiger partial charge in [0, 0.05) is 49.1 Å². The molecule has 0 bridgehead atoms. The lowest BCUT2D eigenvalue weighted by Crippen LogP contribution is -2.47. The van der Waals surface area contributed by atoms with E-state index in [1.54, 1.807) is 18.3 Å². The minimum atomic E-state index is -4.71. The van der Waals surface area contributed by atoms with Crippen LogP contribution in [-0.2, 0) is 6.18 Å². The smallest absolute Gasteiger partial charge is 0.417 e. The molecule has 1 saturated heterocycles. The van der Waals surface area contributed by atoms with Gasteiger partial charge in [-0.15, -0.1) is 0 Å². The Bertz CT molecular complexity index is 1760. The van der Waals surface area contributed by atoms with Crippen LogP contribution in [0.2, 0.25) is 0 Å². The molecular formula is C30H23F3N8O. The van der Waals surface area contributed by atoms with Crippen molar-refractivity contribution in [3.63, 3.8) is 0 Å². The van der Waals surface area contributed by atoms with Gasteiger partial charge in [0.2, 0.25) is 11.9 Å². The third-order valence-corrected chi connectivity index (χ3v) is 6.80. The topological polar surface area (TPSA) is 103 Å². The second-order valence-corrected chi connectivity index (χ2v) is 9.47. The van der Waals surface area contributed by atoms with Crippen molar-refractivity contribution in [1.82, 2.24) is 19.9 Å². The van der Waals surface area contributed by atoms with Crippen molar-refractivity contribution >= 4 is 34.2 Å². The van der Waals surface area contributed by atoms with Crippen LogP contribution < -0.4 is 19.9 Å². The molecule has 6 rings (SSSR count). The highest BCUT2D eigenvalue weighted by Gasteiger charge is 2.34. The van der Waals surface area contributed by atoms with Gasteiger partial charge in [0.15, 0.2) is 0 Å². The quantitative estimate of drug-likeness (QED) is 0.257. The van der Waals surface area contributed by atoms with Crippen molar-refractivity contribution in [1.29, 1.82) is 5.26 Å². The Morgan fingerprint density at radius 1 is 0.833 bits per heavy atom. The van der Waals surface area contributed by atoms with Crippen molar-refractivity contribution in [2.75, 3.05) is 41.3 Å². The van der Waals surface area contributed by atoms with E-state index in [0.29, 0.717) is 37.9 Å². The number of benzene rings is 3. The Balaban J connectivity index is 1.33. The summed E-state index contributed by atoms with van der Waals surface area (Å²) >= 11 is 0. The fourth-order valence-electron chi connectivity index (χ4n) is 4.73. The number of fused-ring (bicyclic) bond motifs is 1. The number of alkyl halides is 3. The van der Waals surface area contributed by atoms with Gasteiger partial charge >= 0.3 is 12.2 Å². The van der Waals surface area contributed by atoms with Crippen LogP contribution in [0.4, 0.5) is 36.4 Å². The first-order valence-electron chi connectivity index (χ1n) is 13.1. The van der Waals surface area contributed by atoms with E-state index in [9.17, 15) is 13.2 Å². The zero-order valence-electron chi connectivity index (χ0n) is 22.1. The van der Waals surface area contributed by atoms with Gasteiger partial charge in [0.25, 0.3) is 0 Å². The largest absolute Gasteiger partial charge is 0.423 e. The van der Waals surface area contributed by atoms with Crippen molar-refractivity contribution < 1.29 is 17.9 Å². The Hall–Kier alpha value is -5.44. The molecule has 0 saturated carbocycles. The van der Waals surface area contributed by atoms with E-state index >= 15 is 0 Å². The summed E-state index contributed by atoms with van der Waals surface area (Å²) in [7, 11) is 0. The normalized spacial score (nSPS) is 13.6. The molecule has 12 heteroatoms. The van der Waals surface area contributed by atoms with Crippen LogP contribution >= 0.6 is 0 Å². The van der Waals surface area contributed by atoms with E-state index < -0.39 is 17.3 Å². The van der Waals surface area contributed by atoms with Crippen LogP contribution in [0.5, 0.6) is 11.8 Å². The predicted molar refractivity (Wildman–Crippen MR) is 152 cm³/mol. The second-order valence-electron chi connectivity index (χ2n) is 9.47. The van der Waals surface area contributed by atoms with Crippen molar-refractivity contribution in [2.24, 2.45) is 0 Å². The molecule has 0 aliphatic carbocycles. The maximum Gasteiger partial charge on any atom is 0.417 e. The van der Waals surface area contributed by atoms with E-state index in [1.165, 1.54) is 6.07 Å². The SMILES string of the molecule is N#Cc1ccc(Nc2nc(Oc3ccnc4ccccc34)nc(N3CCN(c4ccccc4)CC3)n2)cc1C(F)(F)F. The number of pyridine rings is 1. The van der Waals surface area contributed by atoms with Gasteiger partial charge in [-0.1, -0.05) is 30.3 Å². The molecule has 0 amide bonds. The van der Waals surface area contributed by atoms with E-state index in [2.05, 4.69) is 42.3 Å². The number of ether oxygens (including phenoxy) is 1. The molecule has 42 heavy (non-hydrogen) atoms. The molecule has 9 nitrogen and oxygen atoms in total. The lowest BCUT2D eigenvalue weighted by Gasteiger charge is -2.36. The molecule has 5 aromatic rings. The fraction of sp³-hybridized carbons (Fsp3) is 0.167. The highest BCUT2D eigenvalue weighted by molar-refractivity contribution is 5.84. The Morgan fingerprint density at radius 2 is 1.57 bits per heavy atom. The number of piperazine rings is 1. The number of nitrogens with one attached hydrogen (secondary N) is 1. The number of nitriles is 1. The summed E-state index contributed by atoms with van der Waals surface area (Å²) < 4.78 is 46.9. The highest BCUT2D eigenvalue weighted by atomic mass is 19.4. The maximum atomic E-state index is 13.6. The van der Waals surface area contributed by atoms with Crippen LogP contribution in [0.15, 0.2) is 85.1 Å². The van der Waals surface area contributed by atoms with Gasteiger partial charge < -0.3 is 19.9 Å². The zero-order chi connectivity index (χ0) is 29.1. The van der Waals surface area contributed by atoms with Gasteiger partial charge in [-0.2, -0.15) is 33.4 Å². The molecule has 1 aliphatic rings. The number of nitrogens with zero attached hydrogens (tertiary/aromatic N) is 7. The van der Waals surface area contributed by atoms with Gasteiger partial charge in [0.1, 0.15) is 5.75 Å². The number of hydrogen-bond donors (Lipinski definition) is 1. The number of hydrogen-bond acceptors (Lipinski definition) is 9. The third kappa shape index (κ3) is 5.71. The molecule has 0 spiro atoms. The first kappa shape index (κ1) is 26.8. The summed E-state index contributed by atoms with van der Waals surface area (Å²) in [6.07, 6.45) is -3.10. The summed E-state index contributed by atoms with van der Waals surface area (Å²) in [6.45, 7) is 2.64. The Kier molecular flexibility index (Phi) is 7.14. The molecule has 0 unspecified atom stereocenters. The number of para-hydroxylation sites is 2. The molecule has 1 fully saturated rings. The molecule has 1 aliphatic heterocycles. The maximum absolute atomic E-state index is 13.6. The monoisotopic (exact) mass is 568 g/mol. The van der Waals surface area contributed by atoms with Crippen LogP contribution in [-0.4, -0.2) is 46.1 Å². The van der Waals surface area contributed by atoms with E-state index in [4.69, 9.17) is 10.00 Å². The number of aromatic nitrogens is 4. The molecule has 210 valence electrons. The van der Waals surface area contributed by atoms with Crippen molar-refractivity contribution in [2.45, 2.75) is 6.18 Å². The zero-order valence-corrected chi connectivity index (χ0v) is 22.1. The molecule has 2 aromatic heterocycles. The molecule has 1 N–H and O–H groups in total. The summed E-state index contributed by atoms with van der Waals surface area (Å²) in [4.78, 5) is 22.0. The number of anilines is 4. The van der Waals surface area contributed by atoms with Gasteiger partial charge in [-0.25, -0.2) is 0 Å². The summed E-state index contributed by atoms with van der Waals surface area (Å²) in [6, 6.07) is 24.1. The Morgan fingerprint density at radius 3 is 2.33 bits per heavy atom. The predicted octanol–water partition coefficient (Wildman–Crippen LogP) is 6.17. The molecule has 0 radical (unpaired) electrons. The Labute approximate surface area is 238 Å². The minimum absolute atomic E-state index is 0.00307. The summed E-state index contributed by atoms with van der Waals surface area (Å²) in [5, 5.41) is 12.7. The fourth-order valence-corrected chi connectivity index (χ4v) is 4.73. The molecule has 3 aromatic carbocycles. The average Bonchev–Trinajstić information content (AvgIpc) is 3.01. The molecule has 0 atom stereocenters. The third-order valence-electron chi connectivity index (χ3n) is 6.80. The lowest BCUT2D eigenvalue weighted by atomic mass is 10.1.